The molecule has 1 nitrogen and oxygen atoms in total. The van der Waals surface area contributed by atoms with Crippen LogP contribution in [0.1, 0.15) is 64.2 Å². The van der Waals surface area contributed by atoms with Gasteiger partial charge in [0.2, 0.25) is 0 Å². The highest BCUT2D eigenvalue weighted by molar-refractivity contribution is 6.07. The van der Waals surface area contributed by atoms with Gasteiger partial charge in [-0.25, -0.2) is 0 Å². The predicted molar refractivity (Wildman–Crippen MR) is 122 cm³/mol. The molecule has 0 saturated heterocycles. The molecule has 0 saturated carbocycles. The van der Waals surface area contributed by atoms with Crippen LogP contribution in [0.5, 0.6) is 0 Å². The molecule has 0 fully saturated rings. The molecule has 28 heavy (non-hydrogen) atoms. The number of hydrogen-bond donors (Lipinski definition) is 1. The van der Waals surface area contributed by atoms with E-state index in [2.05, 4.69) is 113 Å². The second-order valence-electron chi connectivity index (χ2n) is 10.2. The maximum atomic E-state index is 3.60. The first-order valence-electron chi connectivity index (χ1n) is 10.3. The quantitative estimate of drug-likeness (QED) is 0.371. The highest BCUT2D eigenvalue weighted by Gasteiger charge is 2.28. The van der Waals surface area contributed by atoms with Gasteiger partial charge in [-0.05, 0) is 51.8 Å². The van der Waals surface area contributed by atoms with Gasteiger partial charge in [0.1, 0.15) is 0 Å². The monoisotopic (exact) mass is 369 g/mol. The summed E-state index contributed by atoms with van der Waals surface area (Å²) >= 11 is 0. The summed E-state index contributed by atoms with van der Waals surface area (Å²) in [4.78, 5) is 3.60. The maximum absolute atomic E-state index is 3.60. The fraction of sp³-hybridized carbons (Fsp3) is 0.333. The molecule has 1 heterocycles. The van der Waals surface area contributed by atoms with E-state index < -0.39 is 0 Å². The molecule has 0 aliphatic heterocycles. The first-order chi connectivity index (χ1) is 13.1. The largest absolute Gasteiger partial charge is 0.355 e. The van der Waals surface area contributed by atoms with Crippen LogP contribution in [0, 0.1) is 5.41 Å². The molecule has 1 atom stereocenters. The van der Waals surface area contributed by atoms with Crippen molar-refractivity contribution in [2.75, 3.05) is 0 Å². The molecule has 0 aliphatic rings. The van der Waals surface area contributed by atoms with Crippen LogP contribution >= 0.6 is 0 Å². The summed E-state index contributed by atoms with van der Waals surface area (Å²) in [5.74, 6) is 0.355. The Kier molecular flexibility index (Phi) is 4.38. The van der Waals surface area contributed by atoms with Crippen LogP contribution in [0.15, 0.2) is 66.7 Å². The van der Waals surface area contributed by atoms with Gasteiger partial charge in [0.25, 0.3) is 0 Å². The second-order valence-corrected chi connectivity index (χ2v) is 10.2. The summed E-state index contributed by atoms with van der Waals surface area (Å²) in [6.45, 7) is 13.8. The SMILES string of the molecule is CC(C)(C)c1ccc2[nH]c3ccc(C(c4ccccc4)C(C)(C)C)cc3c2c1. The Bertz CT molecular complexity index is 1120. The van der Waals surface area contributed by atoms with Gasteiger partial charge in [-0.15, -0.1) is 0 Å². The fourth-order valence-corrected chi connectivity index (χ4v) is 4.40. The van der Waals surface area contributed by atoms with Crippen LogP contribution in [0.4, 0.5) is 0 Å². The summed E-state index contributed by atoms with van der Waals surface area (Å²) in [6, 6.07) is 24.7. The zero-order valence-corrected chi connectivity index (χ0v) is 17.9. The van der Waals surface area contributed by atoms with E-state index in [0.717, 1.165) is 0 Å². The van der Waals surface area contributed by atoms with Crippen molar-refractivity contribution in [2.24, 2.45) is 5.41 Å². The van der Waals surface area contributed by atoms with Gasteiger partial charge in [0.15, 0.2) is 0 Å². The van der Waals surface area contributed by atoms with Crippen molar-refractivity contribution in [3.63, 3.8) is 0 Å². The van der Waals surface area contributed by atoms with Crippen molar-refractivity contribution in [3.8, 4) is 0 Å². The van der Waals surface area contributed by atoms with E-state index in [1.807, 2.05) is 0 Å². The van der Waals surface area contributed by atoms with E-state index in [4.69, 9.17) is 0 Å². The standard InChI is InChI=1S/C27H31N/c1-26(2,3)20-13-15-24-22(17-20)21-16-19(12-14-23(21)28-24)25(27(4,5)6)18-10-8-7-9-11-18/h7-17,25,28H,1-6H3. The molecule has 1 aromatic heterocycles. The minimum atomic E-state index is 0.137. The predicted octanol–water partition coefficient (Wildman–Crippen LogP) is 7.80. The molecule has 4 rings (SSSR count). The molecule has 0 bridgehead atoms. The van der Waals surface area contributed by atoms with E-state index in [9.17, 15) is 0 Å². The molecular weight excluding hydrogens is 338 g/mol. The Morgan fingerprint density at radius 3 is 1.86 bits per heavy atom. The Hall–Kier alpha value is -2.54. The summed E-state index contributed by atoms with van der Waals surface area (Å²) < 4.78 is 0. The van der Waals surface area contributed by atoms with Crippen molar-refractivity contribution in [1.29, 1.82) is 0 Å². The number of aromatic nitrogens is 1. The molecule has 0 aliphatic carbocycles. The molecule has 1 unspecified atom stereocenters. The molecule has 4 aromatic rings. The first kappa shape index (κ1) is 18.8. The third kappa shape index (κ3) is 3.35. The topological polar surface area (TPSA) is 15.8 Å². The van der Waals surface area contributed by atoms with Crippen molar-refractivity contribution in [2.45, 2.75) is 52.9 Å². The van der Waals surface area contributed by atoms with Gasteiger partial charge in [0, 0.05) is 27.7 Å². The number of H-pyrrole nitrogens is 1. The minimum Gasteiger partial charge on any atom is -0.355 e. The molecule has 0 amide bonds. The summed E-state index contributed by atoms with van der Waals surface area (Å²) in [5.41, 5.74) is 6.85. The van der Waals surface area contributed by atoms with Gasteiger partial charge in [0.05, 0.1) is 0 Å². The van der Waals surface area contributed by atoms with Crippen molar-refractivity contribution in [1.82, 2.24) is 4.98 Å². The molecular formula is C27H31N. The lowest BCUT2D eigenvalue weighted by atomic mass is 9.72. The number of fused-ring (bicyclic) bond motifs is 3. The van der Waals surface area contributed by atoms with E-state index >= 15 is 0 Å². The van der Waals surface area contributed by atoms with Crippen LogP contribution in [-0.4, -0.2) is 4.98 Å². The molecule has 1 N–H and O–H groups in total. The molecule has 144 valence electrons. The highest BCUT2D eigenvalue weighted by atomic mass is 14.7. The lowest BCUT2D eigenvalue weighted by molar-refractivity contribution is 0.359. The average molecular weight is 370 g/mol. The second kappa shape index (κ2) is 6.51. The van der Waals surface area contributed by atoms with E-state index in [1.165, 1.54) is 38.5 Å². The maximum Gasteiger partial charge on any atom is 0.0465 e. The number of rotatable bonds is 2. The van der Waals surface area contributed by atoms with E-state index in [-0.39, 0.29) is 10.8 Å². The summed E-state index contributed by atoms with van der Waals surface area (Å²) in [5, 5.41) is 2.65. The zero-order chi connectivity index (χ0) is 20.1. The third-order valence-corrected chi connectivity index (χ3v) is 5.82. The fourth-order valence-electron chi connectivity index (χ4n) is 4.40. The van der Waals surface area contributed by atoms with Crippen LogP contribution in [0.2, 0.25) is 0 Å². The molecule has 3 aromatic carbocycles. The normalized spacial score (nSPS) is 13.9. The lowest BCUT2D eigenvalue weighted by Crippen LogP contribution is -2.19. The van der Waals surface area contributed by atoms with Crippen LogP contribution in [-0.2, 0) is 5.41 Å². The van der Waals surface area contributed by atoms with Crippen molar-refractivity contribution in [3.05, 3.63) is 83.4 Å². The third-order valence-electron chi connectivity index (χ3n) is 5.82. The Morgan fingerprint density at radius 2 is 1.25 bits per heavy atom. The zero-order valence-electron chi connectivity index (χ0n) is 17.9. The Morgan fingerprint density at radius 1 is 0.643 bits per heavy atom. The van der Waals surface area contributed by atoms with Gasteiger partial charge < -0.3 is 4.98 Å². The van der Waals surface area contributed by atoms with E-state index in [1.54, 1.807) is 0 Å². The number of nitrogens with one attached hydrogen (secondary N) is 1. The van der Waals surface area contributed by atoms with Gasteiger partial charge in [-0.3, -0.25) is 0 Å². The van der Waals surface area contributed by atoms with Crippen LogP contribution < -0.4 is 0 Å². The lowest BCUT2D eigenvalue weighted by Gasteiger charge is -2.32. The highest BCUT2D eigenvalue weighted by Crippen LogP contribution is 2.42. The average Bonchev–Trinajstić information content (AvgIpc) is 2.98. The molecule has 1 heteroatoms. The van der Waals surface area contributed by atoms with Crippen molar-refractivity contribution < 1.29 is 0 Å². The molecule has 0 spiro atoms. The van der Waals surface area contributed by atoms with Gasteiger partial charge >= 0.3 is 0 Å². The summed E-state index contributed by atoms with van der Waals surface area (Å²) in [6.07, 6.45) is 0. The Balaban J connectivity index is 1.93. The number of benzene rings is 3. The number of aromatic amines is 1. The van der Waals surface area contributed by atoms with Crippen LogP contribution in [0.25, 0.3) is 21.8 Å². The summed E-state index contributed by atoms with van der Waals surface area (Å²) in [7, 11) is 0. The molecule has 0 radical (unpaired) electrons. The Labute approximate surface area is 168 Å². The van der Waals surface area contributed by atoms with Gasteiger partial charge in [-0.2, -0.15) is 0 Å². The van der Waals surface area contributed by atoms with Crippen LogP contribution in [0.3, 0.4) is 0 Å². The smallest absolute Gasteiger partial charge is 0.0465 e. The van der Waals surface area contributed by atoms with Crippen molar-refractivity contribution >= 4 is 21.8 Å². The number of hydrogen-bond acceptors (Lipinski definition) is 0. The van der Waals surface area contributed by atoms with E-state index in [0.29, 0.717) is 5.92 Å². The minimum absolute atomic E-state index is 0.137. The van der Waals surface area contributed by atoms with Gasteiger partial charge in [-0.1, -0.05) is 84.0 Å². The first-order valence-corrected chi connectivity index (χ1v) is 10.3.